The first-order valence-corrected chi connectivity index (χ1v) is 7.73. The molecule has 2 rings (SSSR count). The number of halogens is 1. The molecule has 0 saturated heterocycles. The van der Waals surface area contributed by atoms with Crippen LogP contribution in [0.25, 0.3) is 0 Å². The molecule has 1 heterocycles. The molecule has 0 spiro atoms. The summed E-state index contributed by atoms with van der Waals surface area (Å²) in [6.45, 7) is 3.55. The minimum absolute atomic E-state index is 0.00900. The number of thiazole rings is 1. The van der Waals surface area contributed by atoms with E-state index in [-0.39, 0.29) is 14.7 Å². The highest BCUT2D eigenvalue weighted by atomic mass is 35.5. The normalized spacial score (nSPS) is 18.7. The molecule has 1 aromatic heterocycles. The van der Waals surface area contributed by atoms with Gasteiger partial charge in [0.2, 0.25) is 0 Å². The molecule has 1 fully saturated rings. The molecule has 0 amide bonds. The first-order chi connectivity index (χ1) is 7.40. The lowest BCUT2D eigenvalue weighted by Crippen LogP contribution is -2.33. The van der Waals surface area contributed by atoms with Crippen LogP contribution in [-0.4, -0.2) is 19.4 Å². The van der Waals surface area contributed by atoms with Crippen molar-refractivity contribution in [3.05, 3.63) is 10.2 Å². The molecule has 0 bridgehead atoms. The van der Waals surface area contributed by atoms with Crippen LogP contribution in [0.5, 0.6) is 0 Å². The monoisotopic (exact) mass is 280 g/mol. The molecular weight excluding hydrogens is 268 g/mol. The van der Waals surface area contributed by atoms with Crippen molar-refractivity contribution in [1.82, 2.24) is 9.71 Å². The Hall–Kier alpha value is -0.170. The van der Waals surface area contributed by atoms with Gasteiger partial charge >= 0.3 is 0 Å². The van der Waals surface area contributed by atoms with E-state index in [0.29, 0.717) is 11.6 Å². The largest absolute Gasteiger partial charge is 0.252 e. The second-order valence-corrected chi connectivity index (χ2v) is 7.58. The lowest BCUT2D eigenvalue weighted by molar-refractivity contribution is 0.539. The summed E-state index contributed by atoms with van der Waals surface area (Å²) in [7, 11) is -3.45. The fraction of sp³-hybridized carbons (Fsp3) is 0.667. The molecular formula is C9H13ClN2O2S2. The van der Waals surface area contributed by atoms with Crippen molar-refractivity contribution in [2.24, 2.45) is 5.92 Å². The van der Waals surface area contributed by atoms with Gasteiger partial charge < -0.3 is 0 Å². The van der Waals surface area contributed by atoms with E-state index in [4.69, 9.17) is 11.6 Å². The highest BCUT2D eigenvalue weighted by Gasteiger charge is 2.32. The van der Waals surface area contributed by atoms with Gasteiger partial charge in [-0.2, -0.15) is 0 Å². The molecule has 0 aromatic carbocycles. The number of rotatable bonds is 4. The predicted octanol–water partition coefficient (Wildman–Crippen LogP) is 2.18. The van der Waals surface area contributed by atoms with Crippen LogP contribution < -0.4 is 4.72 Å². The maximum absolute atomic E-state index is 12.0. The molecule has 4 nitrogen and oxygen atoms in total. The smallest absolute Gasteiger partial charge is 0.229 e. The molecule has 1 aliphatic carbocycles. The minimum Gasteiger partial charge on any atom is -0.229 e. The summed E-state index contributed by atoms with van der Waals surface area (Å²) in [5.41, 5.74) is 0.463. The summed E-state index contributed by atoms with van der Waals surface area (Å²) < 4.78 is 27.2. The third-order valence-corrected chi connectivity index (χ3v) is 6.07. The Morgan fingerprint density at radius 2 is 2.19 bits per heavy atom. The average molecular weight is 281 g/mol. The third-order valence-electron chi connectivity index (χ3n) is 2.64. The standard InChI is InChI=1S/C9H13ClN2O2S2/c1-5(7-3-4-7)12-16(13,14)8-6(2)11-9(10)15-8/h5,7,12H,3-4H2,1-2H3. The average Bonchev–Trinajstić information content (AvgIpc) is 2.91. The summed E-state index contributed by atoms with van der Waals surface area (Å²) >= 11 is 6.70. The van der Waals surface area contributed by atoms with Crippen LogP contribution in [0.3, 0.4) is 0 Å². The van der Waals surface area contributed by atoms with Crippen LogP contribution in [0.2, 0.25) is 4.47 Å². The summed E-state index contributed by atoms with van der Waals surface area (Å²) in [5.74, 6) is 0.485. The molecule has 1 unspecified atom stereocenters. The van der Waals surface area contributed by atoms with Gasteiger partial charge in [-0.3, -0.25) is 0 Å². The van der Waals surface area contributed by atoms with Crippen LogP contribution >= 0.6 is 22.9 Å². The molecule has 16 heavy (non-hydrogen) atoms. The number of aryl methyl sites for hydroxylation is 1. The van der Waals surface area contributed by atoms with E-state index in [1.54, 1.807) is 6.92 Å². The van der Waals surface area contributed by atoms with E-state index in [0.717, 1.165) is 24.2 Å². The lowest BCUT2D eigenvalue weighted by Gasteiger charge is -2.12. The van der Waals surface area contributed by atoms with Gasteiger partial charge in [-0.25, -0.2) is 18.1 Å². The molecule has 1 aliphatic rings. The molecule has 1 saturated carbocycles. The number of sulfonamides is 1. The SMILES string of the molecule is Cc1nc(Cl)sc1S(=O)(=O)NC(C)C1CC1. The van der Waals surface area contributed by atoms with Crippen LogP contribution in [0, 0.1) is 12.8 Å². The second kappa shape index (κ2) is 4.25. The third kappa shape index (κ3) is 2.56. The van der Waals surface area contributed by atoms with E-state index in [2.05, 4.69) is 9.71 Å². The zero-order chi connectivity index (χ0) is 11.9. The van der Waals surface area contributed by atoms with Crippen molar-refractivity contribution in [3.8, 4) is 0 Å². The van der Waals surface area contributed by atoms with Crippen LogP contribution in [-0.2, 0) is 10.0 Å². The first-order valence-electron chi connectivity index (χ1n) is 5.05. The van der Waals surface area contributed by atoms with Gasteiger partial charge in [0.25, 0.3) is 10.0 Å². The number of hydrogen-bond donors (Lipinski definition) is 1. The Labute approximate surface area is 104 Å². The van der Waals surface area contributed by atoms with E-state index in [1.165, 1.54) is 0 Å². The topological polar surface area (TPSA) is 59.1 Å². The van der Waals surface area contributed by atoms with E-state index in [1.807, 2.05) is 6.92 Å². The van der Waals surface area contributed by atoms with Crippen molar-refractivity contribution in [3.63, 3.8) is 0 Å². The number of hydrogen-bond acceptors (Lipinski definition) is 4. The zero-order valence-corrected chi connectivity index (χ0v) is 11.4. The highest BCUT2D eigenvalue weighted by Crippen LogP contribution is 2.34. The van der Waals surface area contributed by atoms with Crippen LogP contribution in [0.4, 0.5) is 0 Å². The Balaban J connectivity index is 2.21. The van der Waals surface area contributed by atoms with E-state index < -0.39 is 10.0 Å². The van der Waals surface area contributed by atoms with Crippen molar-refractivity contribution in [1.29, 1.82) is 0 Å². The van der Waals surface area contributed by atoms with Gasteiger partial charge in [0, 0.05) is 6.04 Å². The fourth-order valence-electron chi connectivity index (χ4n) is 1.59. The van der Waals surface area contributed by atoms with Crippen molar-refractivity contribution >= 4 is 33.0 Å². The molecule has 1 N–H and O–H groups in total. The maximum Gasteiger partial charge on any atom is 0.252 e. The second-order valence-electron chi connectivity index (χ2n) is 4.09. The summed E-state index contributed by atoms with van der Waals surface area (Å²) in [6.07, 6.45) is 2.21. The maximum atomic E-state index is 12.0. The first kappa shape index (κ1) is 12.3. The van der Waals surface area contributed by atoms with Crippen molar-refractivity contribution in [2.45, 2.75) is 36.9 Å². The molecule has 0 radical (unpaired) electrons. The van der Waals surface area contributed by atoms with Crippen molar-refractivity contribution < 1.29 is 8.42 Å². The zero-order valence-electron chi connectivity index (χ0n) is 9.03. The molecule has 1 atom stereocenters. The van der Waals surface area contributed by atoms with Gasteiger partial charge in [0.05, 0.1) is 5.69 Å². The van der Waals surface area contributed by atoms with Gasteiger partial charge in [-0.05, 0) is 32.6 Å². The Morgan fingerprint density at radius 3 is 2.62 bits per heavy atom. The lowest BCUT2D eigenvalue weighted by atomic mass is 10.2. The van der Waals surface area contributed by atoms with Gasteiger partial charge in [0.15, 0.2) is 8.68 Å². The highest BCUT2D eigenvalue weighted by molar-refractivity contribution is 7.91. The Bertz CT molecular complexity index is 494. The number of nitrogens with zero attached hydrogens (tertiary/aromatic N) is 1. The van der Waals surface area contributed by atoms with E-state index >= 15 is 0 Å². The van der Waals surface area contributed by atoms with E-state index in [9.17, 15) is 8.42 Å². The quantitative estimate of drug-likeness (QED) is 0.920. The number of aromatic nitrogens is 1. The van der Waals surface area contributed by atoms with Gasteiger partial charge in [0.1, 0.15) is 0 Å². The van der Waals surface area contributed by atoms with Crippen LogP contribution in [0.15, 0.2) is 4.21 Å². The fourth-order valence-corrected chi connectivity index (χ4v) is 4.66. The molecule has 0 aliphatic heterocycles. The van der Waals surface area contributed by atoms with Crippen molar-refractivity contribution in [2.75, 3.05) is 0 Å². The molecule has 90 valence electrons. The molecule has 7 heteroatoms. The molecule has 1 aromatic rings. The Kier molecular flexibility index (Phi) is 3.27. The van der Waals surface area contributed by atoms with Crippen LogP contribution in [0.1, 0.15) is 25.5 Å². The minimum atomic E-state index is -3.45. The van der Waals surface area contributed by atoms with Gasteiger partial charge in [-0.1, -0.05) is 22.9 Å². The predicted molar refractivity (Wildman–Crippen MR) is 64.4 cm³/mol. The summed E-state index contributed by atoms with van der Waals surface area (Å²) in [5, 5.41) is 0. The number of nitrogens with one attached hydrogen (secondary N) is 1. The summed E-state index contributed by atoms with van der Waals surface area (Å²) in [4.78, 5) is 3.91. The van der Waals surface area contributed by atoms with Gasteiger partial charge in [-0.15, -0.1) is 0 Å². The Morgan fingerprint density at radius 1 is 1.56 bits per heavy atom. The summed E-state index contributed by atoms with van der Waals surface area (Å²) in [6, 6.07) is -0.00900.